The summed E-state index contributed by atoms with van der Waals surface area (Å²) in [7, 11) is 0. The third-order valence-electron chi connectivity index (χ3n) is 3.77. The van der Waals surface area contributed by atoms with Crippen LogP contribution in [-0.4, -0.2) is 29.0 Å². The summed E-state index contributed by atoms with van der Waals surface area (Å²) in [6.45, 7) is 7.42. The molecule has 1 aliphatic heterocycles. The second kappa shape index (κ2) is 7.11. The highest BCUT2D eigenvalue weighted by Crippen LogP contribution is 2.23. The van der Waals surface area contributed by atoms with E-state index in [4.69, 9.17) is 11.6 Å². The number of rotatable bonds is 5. The minimum Gasteiger partial charge on any atom is -0.370 e. The normalized spacial score (nSPS) is 20.5. The molecule has 0 spiro atoms. The van der Waals surface area contributed by atoms with Gasteiger partial charge in [0.15, 0.2) is 0 Å². The first-order valence-electron chi connectivity index (χ1n) is 7.34. The quantitative estimate of drug-likeness (QED) is 0.886. The van der Waals surface area contributed by atoms with Crippen molar-refractivity contribution in [3.8, 4) is 0 Å². The molecule has 2 heterocycles. The maximum absolute atomic E-state index is 6.28. The van der Waals surface area contributed by atoms with Crippen LogP contribution in [0, 0.1) is 0 Å². The van der Waals surface area contributed by atoms with Crippen molar-refractivity contribution in [2.24, 2.45) is 0 Å². The van der Waals surface area contributed by atoms with Crippen LogP contribution in [0.5, 0.6) is 0 Å². The molecule has 3 nitrogen and oxygen atoms in total. The number of anilines is 1. The number of likely N-dealkylation sites (tertiary alicyclic amines) is 1. The van der Waals surface area contributed by atoms with Crippen LogP contribution in [0.2, 0.25) is 5.02 Å². The average molecular weight is 282 g/mol. The molecule has 1 aliphatic rings. The minimum absolute atomic E-state index is 0.638. The number of hydrogen-bond acceptors (Lipinski definition) is 3. The zero-order chi connectivity index (χ0) is 13.7. The smallest absolute Gasteiger partial charge is 0.126 e. The maximum Gasteiger partial charge on any atom is 0.126 e. The summed E-state index contributed by atoms with van der Waals surface area (Å²) >= 11 is 6.28. The molecule has 1 unspecified atom stereocenters. The lowest BCUT2D eigenvalue weighted by Crippen LogP contribution is -2.37. The van der Waals surface area contributed by atoms with Crippen LogP contribution >= 0.6 is 11.6 Å². The van der Waals surface area contributed by atoms with Crippen LogP contribution < -0.4 is 5.32 Å². The number of piperidine rings is 1. The van der Waals surface area contributed by atoms with Crippen LogP contribution in [0.25, 0.3) is 0 Å². The highest BCUT2D eigenvalue weighted by molar-refractivity contribution is 6.31. The van der Waals surface area contributed by atoms with Gasteiger partial charge in [-0.15, -0.1) is 0 Å². The van der Waals surface area contributed by atoms with Gasteiger partial charge in [-0.1, -0.05) is 24.9 Å². The number of pyridine rings is 1. The number of nitrogens with zero attached hydrogens (tertiary/aromatic N) is 2. The molecule has 1 fully saturated rings. The first kappa shape index (κ1) is 14.6. The Balaban J connectivity index is 2.05. The largest absolute Gasteiger partial charge is 0.370 e. The number of halogens is 1. The summed E-state index contributed by atoms with van der Waals surface area (Å²) in [5.41, 5.74) is 0.997. The SMILES string of the molecule is CCCNc1ccc(Cl)c(CN2CCCCC2C)n1. The van der Waals surface area contributed by atoms with Crippen molar-refractivity contribution in [2.75, 3.05) is 18.4 Å². The Morgan fingerprint density at radius 3 is 3.00 bits per heavy atom. The van der Waals surface area contributed by atoms with Crippen LogP contribution in [0.15, 0.2) is 12.1 Å². The molecule has 2 rings (SSSR count). The predicted octanol–water partition coefficient (Wildman–Crippen LogP) is 3.93. The maximum atomic E-state index is 6.28. The third-order valence-corrected chi connectivity index (χ3v) is 4.11. The molecule has 0 saturated carbocycles. The Hall–Kier alpha value is -0.800. The number of nitrogens with one attached hydrogen (secondary N) is 1. The van der Waals surface area contributed by atoms with E-state index in [0.717, 1.165) is 42.6 Å². The average Bonchev–Trinajstić information content (AvgIpc) is 2.42. The monoisotopic (exact) mass is 281 g/mol. The zero-order valence-electron chi connectivity index (χ0n) is 12.0. The van der Waals surface area contributed by atoms with Gasteiger partial charge in [0, 0.05) is 19.1 Å². The third kappa shape index (κ3) is 4.08. The van der Waals surface area contributed by atoms with Gasteiger partial charge in [-0.05, 0) is 44.9 Å². The van der Waals surface area contributed by atoms with Gasteiger partial charge in [0.1, 0.15) is 5.82 Å². The van der Waals surface area contributed by atoms with E-state index in [1.807, 2.05) is 12.1 Å². The molecule has 1 aromatic heterocycles. The molecule has 106 valence electrons. The number of aromatic nitrogens is 1. The second-order valence-corrected chi connectivity index (χ2v) is 5.77. The van der Waals surface area contributed by atoms with Gasteiger partial charge in [-0.25, -0.2) is 4.98 Å². The lowest BCUT2D eigenvalue weighted by atomic mass is 10.0. The van der Waals surface area contributed by atoms with Crippen molar-refractivity contribution in [1.29, 1.82) is 0 Å². The lowest BCUT2D eigenvalue weighted by molar-refractivity contribution is 0.151. The highest BCUT2D eigenvalue weighted by atomic mass is 35.5. The van der Waals surface area contributed by atoms with Gasteiger partial charge >= 0.3 is 0 Å². The molecule has 1 atom stereocenters. The van der Waals surface area contributed by atoms with E-state index >= 15 is 0 Å². The molecule has 0 bridgehead atoms. The molecule has 1 aromatic rings. The fraction of sp³-hybridized carbons (Fsp3) is 0.667. The van der Waals surface area contributed by atoms with Crippen molar-refractivity contribution < 1.29 is 0 Å². The standard InChI is InChI=1S/C15H24ClN3/c1-3-9-17-15-8-7-13(16)14(18-15)11-19-10-5-4-6-12(19)2/h7-8,12H,3-6,9-11H2,1-2H3,(H,17,18). The topological polar surface area (TPSA) is 28.2 Å². The van der Waals surface area contributed by atoms with Crippen LogP contribution in [0.3, 0.4) is 0 Å². The Morgan fingerprint density at radius 1 is 1.42 bits per heavy atom. The molecule has 1 N–H and O–H groups in total. The van der Waals surface area contributed by atoms with Crippen LogP contribution in [0.4, 0.5) is 5.82 Å². The Labute approximate surface area is 121 Å². The van der Waals surface area contributed by atoms with Gasteiger partial charge in [-0.2, -0.15) is 0 Å². The fourth-order valence-electron chi connectivity index (χ4n) is 2.53. The Kier molecular flexibility index (Phi) is 5.46. The first-order chi connectivity index (χ1) is 9.20. The van der Waals surface area contributed by atoms with Crippen molar-refractivity contribution >= 4 is 17.4 Å². The fourth-order valence-corrected chi connectivity index (χ4v) is 2.70. The molecular formula is C15H24ClN3. The molecule has 0 radical (unpaired) electrons. The molecule has 0 aromatic carbocycles. The molecule has 0 amide bonds. The van der Waals surface area contributed by atoms with E-state index in [2.05, 4.69) is 29.0 Å². The summed E-state index contributed by atoms with van der Waals surface area (Å²) in [5, 5.41) is 4.10. The van der Waals surface area contributed by atoms with Crippen LogP contribution in [0.1, 0.15) is 45.2 Å². The van der Waals surface area contributed by atoms with Gasteiger partial charge in [0.2, 0.25) is 0 Å². The Morgan fingerprint density at radius 2 is 2.26 bits per heavy atom. The van der Waals surface area contributed by atoms with Crippen LogP contribution in [-0.2, 0) is 6.54 Å². The van der Waals surface area contributed by atoms with Crippen molar-refractivity contribution in [3.05, 3.63) is 22.8 Å². The molecule has 4 heteroatoms. The summed E-state index contributed by atoms with van der Waals surface area (Å²) in [6, 6.07) is 4.55. The zero-order valence-corrected chi connectivity index (χ0v) is 12.7. The van der Waals surface area contributed by atoms with E-state index in [1.54, 1.807) is 0 Å². The summed E-state index contributed by atoms with van der Waals surface area (Å²) < 4.78 is 0. The first-order valence-corrected chi connectivity index (χ1v) is 7.72. The van der Waals surface area contributed by atoms with Crippen molar-refractivity contribution in [3.63, 3.8) is 0 Å². The van der Waals surface area contributed by atoms with Gasteiger partial charge in [0.05, 0.1) is 10.7 Å². The summed E-state index contributed by atoms with van der Waals surface area (Å²) in [4.78, 5) is 7.14. The summed E-state index contributed by atoms with van der Waals surface area (Å²) in [5.74, 6) is 0.936. The second-order valence-electron chi connectivity index (χ2n) is 5.37. The lowest BCUT2D eigenvalue weighted by Gasteiger charge is -2.33. The predicted molar refractivity (Wildman–Crippen MR) is 81.8 cm³/mol. The van der Waals surface area contributed by atoms with Crippen molar-refractivity contribution in [2.45, 2.75) is 52.1 Å². The summed E-state index contributed by atoms with van der Waals surface area (Å²) in [6.07, 6.45) is 5.01. The molecular weight excluding hydrogens is 258 g/mol. The van der Waals surface area contributed by atoms with Gasteiger partial charge in [-0.3, -0.25) is 4.90 Å². The van der Waals surface area contributed by atoms with E-state index in [9.17, 15) is 0 Å². The minimum atomic E-state index is 0.638. The van der Waals surface area contributed by atoms with E-state index in [-0.39, 0.29) is 0 Å². The van der Waals surface area contributed by atoms with Gasteiger partial charge < -0.3 is 5.32 Å². The van der Waals surface area contributed by atoms with Gasteiger partial charge in [0.25, 0.3) is 0 Å². The van der Waals surface area contributed by atoms with E-state index in [0.29, 0.717) is 6.04 Å². The van der Waals surface area contributed by atoms with E-state index < -0.39 is 0 Å². The Bertz CT molecular complexity index is 408. The molecule has 1 saturated heterocycles. The van der Waals surface area contributed by atoms with Crippen molar-refractivity contribution in [1.82, 2.24) is 9.88 Å². The van der Waals surface area contributed by atoms with E-state index in [1.165, 1.54) is 19.3 Å². The highest BCUT2D eigenvalue weighted by Gasteiger charge is 2.19. The molecule has 19 heavy (non-hydrogen) atoms. The molecule has 0 aliphatic carbocycles. The number of hydrogen-bond donors (Lipinski definition) is 1.